The van der Waals surface area contributed by atoms with E-state index in [4.69, 9.17) is 0 Å². The van der Waals surface area contributed by atoms with Crippen molar-refractivity contribution in [3.05, 3.63) is 91.0 Å². The SMILES string of the molecule is [Br-].c1ccc([P+](c2ccccc2)(c2ccccc2)C2CCCCCCC2)cc1. The first kappa shape index (κ1) is 21.3. The van der Waals surface area contributed by atoms with Crippen LogP contribution < -0.4 is 32.9 Å². The van der Waals surface area contributed by atoms with Crippen molar-refractivity contribution in [1.82, 2.24) is 0 Å². The van der Waals surface area contributed by atoms with E-state index in [9.17, 15) is 0 Å². The molecule has 0 spiro atoms. The maximum Gasteiger partial charge on any atom is 0.115 e. The molecule has 3 aromatic rings. The molecular formula is C26H30BrP. The summed E-state index contributed by atoms with van der Waals surface area (Å²) in [6, 6.07) is 34.3. The molecule has 1 saturated carbocycles. The van der Waals surface area contributed by atoms with Crippen LogP contribution in [0.15, 0.2) is 91.0 Å². The van der Waals surface area contributed by atoms with Gasteiger partial charge in [0.1, 0.15) is 23.2 Å². The number of halogens is 1. The zero-order valence-corrected chi connectivity index (χ0v) is 19.0. The van der Waals surface area contributed by atoms with E-state index in [0.29, 0.717) is 0 Å². The van der Waals surface area contributed by atoms with Crippen LogP contribution in [-0.4, -0.2) is 5.66 Å². The molecule has 0 aliphatic heterocycles. The average Bonchev–Trinajstić information content (AvgIpc) is 2.72. The highest BCUT2D eigenvalue weighted by Crippen LogP contribution is 2.62. The predicted octanol–water partition coefficient (Wildman–Crippen LogP) is 3.10. The Kier molecular flexibility index (Phi) is 7.89. The van der Waals surface area contributed by atoms with Crippen LogP contribution in [0.3, 0.4) is 0 Å². The number of hydrogen-bond acceptors (Lipinski definition) is 0. The third kappa shape index (κ3) is 4.27. The second-order valence-corrected chi connectivity index (χ2v) is 11.5. The Labute approximate surface area is 181 Å². The van der Waals surface area contributed by atoms with Gasteiger partial charge in [-0.1, -0.05) is 73.9 Å². The van der Waals surface area contributed by atoms with Crippen LogP contribution in [0.5, 0.6) is 0 Å². The van der Waals surface area contributed by atoms with Crippen molar-refractivity contribution in [2.45, 2.75) is 50.6 Å². The molecule has 146 valence electrons. The van der Waals surface area contributed by atoms with Gasteiger partial charge in [-0.05, 0) is 62.1 Å². The van der Waals surface area contributed by atoms with Crippen LogP contribution in [0, 0.1) is 0 Å². The van der Waals surface area contributed by atoms with Gasteiger partial charge in [-0.25, -0.2) is 0 Å². The van der Waals surface area contributed by atoms with Gasteiger partial charge in [0.25, 0.3) is 0 Å². The Balaban J connectivity index is 0.00000225. The molecule has 0 N–H and O–H groups in total. The summed E-state index contributed by atoms with van der Waals surface area (Å²) in [5.41, 5.74) is 0.741. The molecule has 0 aromatic heterocycles. The minimum Gasteiger partial charge on any atom is -1.00 e. The Morgan fingerprint density at radius 1 is 0.464 bits per heavy atom. The lowest BCUT2D eigenvalue weighted by atomic mass is 10.0. The van der Waals surface area contributed by atoms with Crippen molar-refractivity contribution in [2.24, 2.45) is 0 Å². The maximum absolute atomic E-state index is 2.40. The molecule has 0 radical (unpaired) electrons. The van der Waals surface area contributed by atoms with Gasteiger partial charge >= 0.3 is 0 Å². The highest BCUT2D eigenvalue weighted by Gasteiger charge is 2.51. The Morgan fingerprint density at radius 3 is 1.14 bits per heavy atom. The molecule has 0 atom stereocenters. The lowest BCUT2D eigenvalue weighted by Crippen LogP contribution is -3.00. The lowest BCUT2D eigenvalue weighted by molar-refractivity contribution is -0.00000531. The first-order valence-electron chi connectivity index (χ1n) is 10.5. The largest absolute Gasteiger partial charge is 1.00 e. The summed E-state index contributed by atoms with van der Waals surface area (Å²) in [5, 5.41) is 4.65. The van der Waals surface area contributed by atoms with E-state index in [2.05, 4.69) is 91.0 Å². The third-order valence-corrected chi connectivity index (χ3v) is 11.1. The molecule has 2 heteroatoms. The smallest absolute Gasteiger partial charge is 0.115 e. The fourth-order valence-corrected chi connectivity index (χ4v) is 10.1. The first-order chi connectivity index (χ1) is 13.4. The molecule has 1 fully saturated rings. The topological polar surface area (TPSA) is 0 Å². The van der Waals surface area contributed by atoms with Crippen molar-refractivity contribution < 1.29 is 17.0 Å². The molecular weight excluding hydrogens is 423 g/mol. The van der Waals surface area contributed by atoms with Crippen LogP contribution in [0.1, 0.15) is 44.9 Å². The van der Waals surface area contributed by atoms with Crippen LogP contribution >= 0.6 is 7.26 Å². The first-order valence-corrected chi connectivity index (χ1v) is 12.3. The highest BCUT2D eigenvalue weighted by atomic mass is 79.9. The van der Waals surface area contributed by atoms with Gasteiger partial charge in [-0.3, -0.25) is 0 Å². The Hall–Kier alpha value is -1.43. The van der Waals surface area contributed by atoms with E-state index in [1.807, 2.05) is 0 Å². The van der Waals surface area contributed by atoms with Gasteiger partial charge in [0.2, 0.25) is 0 Å². The zero-order valence-electron chi connectivity index (χ0n) is 16.5. The Bertz CT molecular complexity index is 712. The van der Waals surface area contributed by atoms with E-state index in [-0.39, 0.29) is 17.0 Å². The van der Waals surface area contributed by atoms with Crippen molar-refractivity contribution in [3.63, 3.8) is 0 Å². The monoisotopic (exact) mass is 452 g/mol. The molecule has 0 amide bonds. The minimum atomic E-state index is -1.68. The molecule has 28 heavy (non-hydrogen) atoms. The zero-order chi connectivity index (χ0) is 18.4. The van der Waals surface area contributed by atoms with Crippen molar-refractivity contribution in [1.29, 1.82) is 0 Å². The van der Waals surface area contributed by atoms with Crippen molar-refractivity contribution >= 4 is 23.2 Å². The summed E-state index contributed by atoms with van der Waals surface area (Å²) >= 11 is 0. The van der Waals surface area contributed by atoms with Gasteiger partial charge in [0.05, 0.1) is 5.66 Å². The van der Waals surface area contributed by atoms with Crippen molar-refractivity contribution in [3.8, 4) is 0 Å². The van der Waals surface area contributed by atoms with Crippen LogP contribution in [0.4, 0.5) is 0 Å². The summed E-state index contributed by atoms with van der Waals surface area (Å²) in [4.78, 5) is 0. The molecule has 1 aliphatic rings. The van der Waals surface area contributed by atoms with Crippen LogP contribution in [-0.2, 0) is 0 Å². The van der Waals surface area contributed by atoms with Gasteiger partial charge in [0.15, 0.2) is 0 Å². The van der Waals surface area contributed by atoms with E-state index in [1.165, 1.54) is 44.9 Å². The molecule has 0 heterocycles. The van der Waals surface area contributed by atoms with Gasteiger partial charge in [0, 0.05) is 0 Å². The lowest BCUT2D eigenvalue weighted by Gasteiger charge is -2.35. The molecule has 0 nitrogen and oxygen atoms in total. The fraction of sp³-hybridized carbons (Fsp3) is 0.308. The maximum atomic E-state index is 2.40. The summed E-state index contributed by atoms with van der Waals surface area (Å²) < 4.78 is 0. The molecule has 0 bridgehead atoms. The van der Waals surface area contributed by atoms with Gasteiger partial charge in [-0.2, -0.15) is 0 Å². The normalized spacial score (nSPS) is 15.9. The number of rotatable bonds is 4. The average molecular weight is 453 g/mol. The Morgan fingerprint density at radius 2 is 0.786 bits per heavy atom. The summed E-state index contributed by atoms with van der Waals surface area (Å²) in [6.45, 7) is 0. The van der Waals surface area contributed by atoms with Gasteiger partial charge < -0.3 is 17.0 Å². The molecule has 4 rings (SSSR count). The summed E-state index contributed by atoms with van der Waals surface area (Å²) in [7, 11) is -1.68. The van der Waals surface area contributed by atoms with Crippen LogP contribution in [0.25, 0.3) is 0 Å². The summed E-state index contributed by atoms with van der Waals surface area (Å²) in [5.74, 6) is 0. The number of benzene rings is 3. The predicted molar refractivity (Wildman–Crippen MR) is 121 cm³/mol. The van der Waals surface area contributed by atoms with E-state index in [1.54, 1.807) is 15.9 Å². The molecule has 0 unspecified atom stereocenters. The number of hydrogen-bond donors (Lipinski definition) is 0. The standard InChI is InChI=1S/C26H30P.BrH/c1-2-7-15-23(16-8-3-1)27(24-17-9-4-10-18-24,25-19-11-5-12-20-25)26-21-13-6-14-22-26;/h4-6,9-14,17-23H,1-3,7-8,15-16H2;1H/q+1;/p-1. The molecule has 1 aliphatic carbocycles. The third-order valence-electron chi connectivity index (χ3n) is 6.11. The molecule has 3 aromatic carbocycles. The highest BCUT2D eigenvalue weighted by molar-refractivity contribution is 7.96. The fourth-order valence-electron chi connectivity index (χ4n) is 4.89. The van der Waals surface area contributed by atoms with E-state index < -0.39 is 7.26 Å². The van der Waals surface area contributed by atoms with Crippen molar-refractivity contribution in [2.75, 3.05) is 0 Å². The second-order valence-electron chi connectivity index (χ2n) is 7.73. The molecule has 0 saturated heterocycles. The summed E-state index contributed by atoms with van der Waals surface area (Å²) in [6.07, 6.45) is 9.67. The van der Waals surface area contributed by atoms with Gasteiger partial charge in [-0.15, -0.1) is 0 Å². The quantitative estimate of drug-likeness (QED) is 0.533. The van der Waals surface area contributed by atoms with E-state index >= 15 is 0 Å². The van der Waals surface area contributed by atoms with E-state index in [0.717, 1.165) is 5.66 Å². The van der Waals surface area contributed by atoms with Crippen LogP contribution in [0.2, 0.25) is 0 Å². The second kappa shape index (κ2) is 10.4. The minimum absolute atomic E-state index is 0.